The number of anilines is 2. The summed E-state index contributed by atoms with van der Waals surface area (Å²) < 4.78 is 11.7. The van der Waals surface area contributed by atoms with Crippen LogP contribution in [0.4, 0.5) is 11.4 Å². The molecule has 0 radical (unpaired) electrons. The molecule has 1 unspecified atom stereocenters. The van der Waals surface area contributed by atoms with Gasteiger partial charge in [-0.05, 0) is 55.7 Å². The van der Waals surface area contributed by atoms with Crippen LogP contribution in [0.3, 0.4) is 0 Å². The van der Waals surface area contributed by atoms with Crippen LogP contribution in [0.15, 0.2) is 36.4 Å². The molecular formula is C26H32N2O10. The lowest BCUT2D eigenvalue weighted by atomic mass is 10.1. The molecule has 0 aliphatic carbocycles. The van der Waals surface area contributed by atoms with Crippen LogP contribution in [0.1, 0.15) is 24.5 Å². The minimum Gasteiger partial charge on any atom is -0.488 e. The summed E-state index contributed by atoms with van der Waals surface area (Å²) in [5.74, 6) is -4.22. The van der Waals surface area contributed by atoms with Crippen LogP contribution in [-0.2, 0) is 19.2 Å². The molecule has 0 amide bonds. The highest BCUT2D eigenvalue weighted by molar-refractivity contribution is 5.84. The number of benzene rings is 2. The minimum atomic E-state index is -1.20. The average Bonchev–Trinajstić information content (AvgIpc) is 2.80. The molecule has 38 heavy (non-hydrogen) atoms. The number of aryl methyl sites for hydroxylation is 2. The predicted molar refractivity (Wildman–Crippen MR) is 138 cm³/mol. The molecule has 206 valence electrons. The number of nitrogens with zero attached hydrogens (tertiary/aromatic N) is 2. The van der Waals surface area contributed by atoms with E-state index in [1.165, 1.54) is 9.80 Å². The second kappa shape index (κ2) is 13.7. The zero-order valence-electron chi connectivity index (χ0n) is 21.4. The van der Waals surface area contributed by atoms with Crippen LogP contribution in [0.25, 0.3) is 0 Å². The molecule has 12 nitrogen and oxygen atoms in total. The van der Waals surface area contributed by atoms with Crippen LogP contribution >= 0.6 is 0 Å². The van der Waals surface area contributed by atoms with Crippen LogP contribution in [-0.4, -0.2) is 83.2 Å². The van der Waals surface area contributed by atoms with Gasteiger partial charge in [-0.25, -0.2) is 4.79 Å². The maximum Gasteiger partial charge on any atom is 0.326 e. The van der Waals surface area contributed by atoms with Crippen LogP contribution in [0.5, 0.6) is 11.5 Å². The van der Waals surface area contributed by atoms with Crippen molar-refractivity contribution in [3.05, 3.63) is 47.5 Å². The number of rotatable bonds is 16. The zero-order valence-corrected chi connectivity index (χ0v) is 21.4. The molecule has 0 aliphatic rings. The summed E-state index contributed by atoms with van der Waals surface area (Å²) in [6.07, 6.45) is 0.165. The van der Waals surface area contributed by atoms with Crippen LogP contribution in [0, 0.1) is 13.8 Å². The summed E-state index contributed by atoms with van der Waals surface area (Å²) >= 11 is 0. The topological polar surface area (TPSA) is 174 Å². The fourth-order valence-electron chi connectivity index (χ4n) is 3.87. The number of carbonyl (C=O) groups is 4. The predicted octanol–water partition coefficient (Wildman–Crippen LogP) is 2.49. The average molecular weight is 533 g/mol. The Morgan fingerprint density at radius 1 is 0.737 bits per heavy atom. The van der Waals surface area contributed by atoms with Gasteiger partial charge in [0.15, 0.2) is 0 Å². The standard InChI is InChI=1S/C26H32N2O10/c1-4-18(26(35)36)28(15-25(33)34)20-8-6-17(3)12-22(20)38-10-9-37-21-11-16(2)5-7-19(21)27(13-23(29)30)14-24(31)32/h5-8,11-12,18H,4,9-10,13-15H2,1-3H3,(H,29,30)(H,31,32)(H,33,34)(H,35,36). The van der Waals surface area contributed by atoms with E-state index in [2.05, 4.69) is 0 Å². The number of aliphatic carboxylic acids is 4. The van der Waals surface area contributed by atoms with Gasteiger partial charge in [-0.15, -0.1) is 0 Å². The Bertz CT molecular complexity index is 1150. The zero-order chi connectivity index (χ0) is 28.4. The van der Waals surface area contributed by atoms with Gasteiger partial charge in [0, 0.05) is 0 Å². The molecule has 2 rings (SSSR count). The van der Waals surface area contributed by atoms with Crippen LogP contribution < -0.4 is 19.3 Å². The van der Waals surface area contributed by atoms with Gasteiger partial charge in [0.1, 0.15) is 50.4 Å². The third kappa shape index (κ3) is 8.57. The van der Waals surface area contributed by atoms with Gasteiger partial charge in [-0.3, -0.25) is 14.4 Å². The number of carboxylic acids is 4. The molecule has 0 fully saturated rings. The molecule has 2 aromatic rings. The molecule has 12 heteroatoms. The number of hydrogen-bond acceptors (Lipinski definition) is 8. The lowest BCUT2D eigenvalue weighted by Gasteiger charge is -2.30. The van der Waals surface area contributed by atoms with E-state index < -0.39 is 49.6 Å². The molecule has 0 heterocycles. The molecule has 0 aromatic heterocycles. The van der Waals surface area contributed by atoms with Crippen molar-refractivity contribution in [2.75, 3.05) is 42.6 Å². The van der Waals surface area contributed by atoms with Gasteiger partial charge in [0.05, 0.1) is 11.4 Å². The Morgan fingerprint density at radius 3 is 1.61 bits per heavy atom. The lowest BCUT2D eigenvalue weighted by molar-refractivity contribution is -0.140. The van der Waals surface area contributed by atoms with Crippen molar-refractivity contribution < 1.29 is 49.1 Å². The molecule has 0 aliphatic heterocycles. The van der Waals surface area contributed by atoms with E-state index in [0.29, 0.717) is 5.69 Å². The summed E-state index contributed by atoms with van der Waals surface area (Å²) in [5.41, 5.74) is 2.20. The molecule has 0 spiro atoms. The minimum absolute atomic E-state index is 0.0209. The molecule has 0 bridgehead atoms. The monoisotopic (exact) mass is 532 g/mol. The van der Waals surface area contributed by atoms with Crippen molar-refractivity contribution in [2.45, 2.75) is 33.2 Å². The van der Waals surface area contributed by atoms with Crippen molar-refractivity contribution in [2.24, 2.45) is 0 Å². The summed E-state index contributed by atoms with van der Waals surface area (Å²) in [5, 5.41) is 37.4. The molecular weight excluding hydrogens is 500 g/mol. The largest absolute Gasteiger partial charge is 0.488 e. The van der Waals surface area contributed by atoms with Gasteiger partial charge < -0.3 is 39.7 Å². The number of hydrogen-bond donors (Lipinski definition) is 4. The van der Waals surface area contributed by atoms with Gasteiger partial charge in [-0.1, -0.05) is 19.1 Å². The van der Waals surface area contributed by atoms with Crippen molar-refractivity contribution in [1.82, 2.24) is 0 Å². The molecule has 4 N–H and O–H groups in total. The molecule has 0 saturated heterocycles. The maximum atomic E-state index is 11.8. The second-order valence-electron chi connectivity index (χ2n) is 8.57. The van der Waals surface area contributed by atoms with Crippen LogP contribution in [0.2, 0.25) is 0 Å². The second-order valence-corrected chi connectivity index (χ2v) is 8.57. The van der Waals surface area contributed by atoms with E-state index in [-0.39, 0.29) is 36.8 Å². The first kappa shape index (κ1) is 29.7. The number of ether oxygens (including phenoxy) is 2. The van der Waals surface area contributed by atoms with E-state index in [1.807, 2.05) is 6.92 Å². The fraction of sp³-hybridized carbons (Fsp3) is 0.385. The summed E-state index contributed by atoms with van der Waals surface area (Å²) in [7, 11) is 0. The van der Waals surface area contributed by atoms with Crippen molar-refractivity contribution in [3.63, 3.8) is 0 Å². The highest BCUT2D eigenvalue weighted by Crippen LogP contribution is 2.33. The summed E-state index contributed by atoms with van der Waals surface area (Å²) in [6, 6.07) is 8.84. The van der Waals surface area contributed by atoms with E-state index in [0.717, 1.165) is 11.1 Å². The third-order valence-electron chi connectivity index (χ3n) is 5.49. The molecule has 0 saturated carbocycles. The Morgan fingerprint density at radius 2 is 1.18 bits per heavy atom. The highest BCUT2D eigenvalue weighted by atomic mass is 16.5. The molecule has 1 atom stereocenters. The SMILES string of the molecule is CCC(C(=O)O)N(CC(=O)O)c1ccc(C)cc1OCCOc1cc(C)ccc1N(CC(=O)O)CC(=O)O. The Hall–Kier alpha value is -4.48. The Labute approximate surface area is 219 Å². The van der Waals surface area contributed by atoms with Crippen molar-refractivity contribution in [3.8, 4) is 11.5 Å². The lowest BCUT2D eigenvalue weighted by Crippen LogP contribution is -2.44. The van der Waals surface area contributed by atoms with Crippen molar-refractivity contribution >= 4 is 35.3 Å². The van der Waals surface area contributed by atoms with Crippen molar-refractivity contribution in [1.29, 1.82) is 0 Å². The smallest absolute Gasteiger partial charge is 0.326 e. The molecule has 2 aromatic carbocycles. The maximum absolute atomic E-state index is 11.8. The first-order chi connectivity index (χ1) is 17.9. The van der Waals surface area contributed by atoms with E-state index >= 15 is 0 Å². The van der Waals surface area contributed by atoms with Gasteiger partial charge in [0.25, 0.3) is 0 Å². The van der Waals surface area contributed by atoms with Gasteiger partial charge in [-0.2, -0.15) is 0 Å². The van der Waals surface area contributed by atoms with Gasteiger partial charge in [0.2, 0.25) is 0 Å². The van der Waals surface area contributed by atoms with E-state index in [4.69, 9.17) is 9.47 Å². The normalized spacial score (nSPS) is 11.3. The summed E-state index contributed by atoms with van der Waals surface area (Å²) in [6.45, 7) is 3.58. The number of carboxylic acid groups (broad SMARTS) is 4. The third-order valence-corrected chi connectivity index (χ3v) is 5.49. The highest BCUT2D eigenvalue weighted by Gasteiger charge is 2.28. The van der Waals surface area contributed by atoms with Gasteiger partial charge >= 0.3 is 23.9 Å². The first-order valence-electron chi connectivity index (χ1n) is 11.8. The summed E-state index contributed by atoms with van der Waals surface area (Å²) in [4.78, 5) is 48.3. The van der Waals surface area contributed by atoms with E-state index in [9.17, 15) is 39.6 Å². The van der Waals surface area contributed by atoms with E-state index in [1.54, 1.807) is 50.2 Å². The Kier molecular flexibility index (Phi) is 10.7. The fourth-order valence-corrected chi connectivity index (χ4v) is 3.87. The quantitative estimate of drug-likeness (QED) is 0.233. The first-order valence-corrected chi connectivity index (χ1v) is 11.8. The Balaban J connectivity index is 2.26.